The highest BCUT2D eigenvalue weighted by molar-refractivity contribution is 5.96. The van der Waals surface area contributed by atoms with Gasteiger partial charge in [0.2, 0.25) is 5.91 Å². The van der Waals surface area contributed by atoms with Gasteiger partial charge in [0.25, 0.3) is 0 Å². The van der Waals surface area contributed by atoms with Crippen molar-refractivity contribution in [3.63, 3.8) is 0 Å². The highest BCUT2D eigenvalue weighted by Gasteiger charge is 2.29. The predicted octanol–water partition coefficient (Wildman–Crippen LogP) is 0.622. The van der Waals surface area contributed by atoms with Gasteiger partial charge >= 0.3 is 5.97 Å². The quantitative estimate of drug-likeness (QED) is 0.633. The minimum absolute atomic E-state index is 0.198. The van der Waals surface area contributed by atoms with E-state index in [0.717, 1.165) is 12.8 Å². The van der Waals surface area contributed by atoms with E-state index in [1.165, 1.54) is 6.92 Å². The summed E-state index contributed by atoms with van der Waals surface area (Å²) in [6, 6.07) is 0.198. The number of amides is 1. The Kier molecular flexibility index (Phi) is 2.90. The third-order valence-corrected chi connectivity index (χ3v) is 2.48. The predicted molar refractivity (Wildman–Crippen MR) is 47.1 cm³/mol. The fraction of sp³-hybridized carbons (Fsp3) is 0.778. The number of carbonyl (C=O) groups is 2. The Balaban J connectivity index is 2.29. The number of carbonyl (C=O) groups excluding carboxylic acids is 1. The van der Waals surface area contributed by atoms with Crippen LogP contribution < -0.4 is 5.32 Å². The Morgan fingerprint density at radius 1 is 1.46 bits per heavy atom. The molecule has 1 fully saturated rings. The molecule has 1 atom stereocenters. The molecule has 0 spiro atoms. The van der Waals surface area contributed by atoms with E-state index in [1.807, 2.05) is 0 Å². The maximum atomic E-state index is 11.2. The van der Waals surface area contributed by atoms with Crippen molar-refractivity contribution in [2.75, 3.05) is 0 Å². The number of nitrogens with one attached hydrogen (secondary N) is 1. The summed E-state index contributed by atoms with van der Waals surface area (Å²) >= 11 is 0. The van der Waals surface area contributed by atoms with E-state index < -0.39 is 11.9 Å². The van der Waals surface area contributed by atoms with Gasteiger partial charge in [-0.25, -0.2) is 0 Å². The number of aliphatic carboxylic acids is 1. The number of rotatable bonds is 3. The van der Waals surface area contributed by atoms with E-state index in [4.69, 9.17) is 5.11 Å². The van der Waals surface area contributed by atoms with Crippen molar-refractivity contribution in [1.82, 2.24) is 5.32 Å². The Bertz CT molecular complexity index is 221. The molecule has 1 unspecified atom stereocenters. The van der Waals surface area contributed by atoms with Crippen LogP contribution >= 0.6 is 0 Å². The average molecular weight is 185 g/mol. The van der Waals surface area contributed by atoms with Gasteiger partial charge in [-0.05, 0) is 25.7 Å². The van der Waals surface area contributed by atoms with Crippen molar-refractivity contribution in [3.8, 4) is 0 Å². The van der Waals surface area contributed by atoms with Gasteiger partial charge in [0.15, 0.2) is 0 Å². The molecule has 0 bridgehead atoms. The molecule has 1 amide bonds. The summed E-state index contributed by atoms with van der Waals surface area (Å²) in [7, 11) is 0. The van der Waals surface area contributed by atoms with Crippen molar-refractivity contribution in [3.05, 3.63) is 0 Å². The first-order valence-electron chi connectivity index (χ1n) is 4.54. The summed E-state index contributed by atoms with van der Waals surface area (Å²) in [4.78, 5) is 21.6. The van der Waals surface area contributed by atoms with Crippen LogP contribution in [0.2, 0.25) is 0 Å². The summed E-state index contributed by atoms with van der Waals surface area (Å²) in [5.74, 6) is -1.71. The lowest BCUT2D eigenvalue weighted by Crippen LogP contribution is -2.46. The zero-order valence-corrected chi connectivity index (χ0v) is 7.91. The monoisotopic (exact) mass is 185 g/mol. The first-order valence-corrected chi connectivity index (χ1v) is 4.54. The fourth-order valence-corrected chi connectivity index (χ4v) is 1.46. The van der Waals surface area contributed by atoms with Crippen LogP contribution in [0.1, 0.15) is 26.7 Å². The smallest absolute Gasteiger partial charge is 0.315 e. The van der Waals surface area contributed by atoms with Crippen LogP contribution in [-0.4, -0.2) is 23.0 Å². The van der Waals surface area contributed by atoms with Crippen molar-refractivity contribution < 1.29 is 14.7 Å². The molecular formula is C9H15NO3. The summed E-state index contributed by atoms with van der Waals surface area (Å²) < 4.78 is 0. The second-order valence-corrected chi connectivity index (χ2v) is 3.84. The van der Waals surface area contributed by atoms with E-state index in [1.54, 1.807) is 0 Å². The van der Waals surface area contributed by atoms with Gasteiger partial charge in [-0.1, -0.05) is 6.92 Å². The number of carboxylic acid groups (broad SMARTS) is 1. The van der Waals surface area contributed by atoms with E-state index in [2.05, 4.69) is 12.2 Å². The summed E-state index contributed by atoms with van der Waals surface area (Å²) in [5, 5.41) is 11.3. The molecule has 1 aliphatic rings. The molecular weight excluding hydrogens is 170 g/mol. The zero-order valence-electron chi connectivity index (χ0n) is 7.91. The van der Waals surface area contributed by atoms with Crippen LogP contribution in [0.25, 0.3) is 0 Å². The van der Waals surface area contributed by atoms with Crippen molar-refractivity contribution in [2.45, 2.75) is 32.7 Å². The van der Waals surface area contributed by atoms with Crippen LogP contribution in [0, 0.1) is 11.8 Å². The Labute approximate surface area is 77.3 Å². The minimum Gasteiger partial charge on any atom is -0.481 e. The van der Waals surface area contributed by atoms with Crippen molar-refractivity contribution in [1.29, 1.82) is 0 Å². The van der Waals surface area contributed by atoms with Gasteiger partial charge in [0, 0.05) is 6.04 Å². The average Bonchev–Trinajstić information content (AvgIpc) is 2.00. The van der Waals surface area contributed by atoms with Gasteiger partial charge in [-0.15, -0.1) is 0 Å². The third-order valence-electron chi connectivity index (χ3n) is 2.48. The fourth-order valence-electron chi connectivity index (χ4n) is 1.46. The molecule has 0 heterocycles. The summed E-state index contributed by atoms with van der Waals surface area (Å²) in [6.07, 6.45) is 1.94. The molecule has 1 saturated carbocycles. The number of hydrogen-bond acceptors (Lipinski definition) is 2. The molecule has 0 aliphatic heterocycles. The Morgan fingerprint density at radius 3 is 2.38 bits per heavy atom. The number of hydrogen-bond donors (Lipinski definition) is 2. The van der Waals surface area contributed by atoms with Crippen LogP contribution in [0.3, 0.4) is 0 Å². The van der Waals surface area contributed by atoms with Crippen LogP contribution in [0.15, 0.2) is 0 Å². The lowest BCUT2D eigenvalue weighted by molar-refractivity contribution is -0.146. The molecule has 0 radical (unpaired) electrons. The summed E-state index contributed by atoms with van der Waals surface area (Å²) in [6.45, 7) is 3.52. The van der Waals surface area contributed by atoms with Gasteiger partial charge in [0.05, 0.1) is 0 Å². The molecule has 0 aromatic carbocycles. The van der Waals surface area contributed by atoms with Crippen LogP contribution in [0.5, 0.6) is 0 Å². The standard InChI is InChI=1S/C9H15NO3/c1-5-3-7(4-5)10-8(11)6(2)9(12)13/h5-7H,3-4H2,1-2H3,(H,10,11)(H,12,13). The zero-order chi connectivity index (χ0) is 10.0. The third kappa shape index (κ3) is 2.44. The van der Waals surface area contributed by atoms with E-state index >= 15 is 0 Å². The Morgan fingerprint density at radius 2 is 2.00 bits per heavy atom. The van der Waals surface area contributed by atoms with E-state index in [9.17, 15) is 9.59 Å². The van der Waals surface area contributed by atoms with E-state index in [-0.39, 0.29) is 11.9 Å². The lowest BCUT2D eigenvalue weighted by Gasteiger charge is -2.33. The molecule has 1 rings (SSSR count). The van der Waals surface area contributed by atoms with Crippen molar-refractivity contribution >= 4 is 11.9 Å². The summed E-state index contributed by atoms with van der Waals surface area (Å²) in [5.41, 5.74) is 0. The lowest BCUT2D eigenvalue weighted by atomic mass is 9.81. The van der Waals surface area contributed by atoms with Crippen LogP contribution in [-0.2, 0) is 9.59 Å². The topological polar surface area (TPSA) is 66.4 Å². The second kappa shape index (κ2) is 3.77. The maximum Gasteiger partial charge on any atom is 0.315 e. The van der Waals surface area contributed by atoms with E-state index in [0.29, 0.717) is 5.92 Å². The molecule has 13 heavy (non-hydrogen) atoms. The highest BCUT2D eigenvalue weighted by Crippen LogP contribution is 2.26. The molecule has 1 aliphatic carbocycles. The minimum atomic E-state index is -1.06. The molecule has 2 N–H and O–H groups in total. The molecule has 0 aromatic rings. The number of carboxylic acids is 1. The van der Waals surface area contributed by atoms with Crippen molar-refractivity contribution in [2.24, 2.45) is 11.8 Å². The van der Waals surface area contributed by atoms with Crippen LogP contribution in [0.4, 0.5) is 0 Å². The van der Waals surface area contributed by atoms with Gasteiger partial charge in [-0.3, -0.25) is 9.59 Å². The largest absolute Gasteiger partial charge is 0.481 e. The molecule has 4 nitrogen and oxygen atoms in total. The molecule has 4 heteroatoms. The molecule has 74 valence electrons. The normalized spacial score (nSPS) is 28.8. The maximum absolute atomic E-state index is 11.2. The van der Waals surface area contributed by atoms with Gasteiger partial charge in [0.1, 0.15) is 5.92 Å². The first kappa shape index (κ1) is 10.0. The Hall–Kier alpha value is -1.06. The SMILES string of the molecule is CC1CC(NC(=O)C(C)C(=O)O)C1. The van der Waals surface area contributed by atoms with Gasteiger partial charge < -0.3 is 10.4 Å². The first-order chi connectivity index (χ1) is 6.00. The molecule has 0 saturated heterocycles. The van der Waals surface area contributed by atoms with Gasteiger partial charge in [-0.2, -0.15) is 0 Å². The second-order valence-electron chi connectivity index (χ2n) is 3.84. The molecule has 0 aromatic heterocycles. The highest BCUT2D eigenvalue weighted by atomic mass is 16.4.